The average Bonchev–Trinajstić information content (AvgIpc) is 2.52. The number of amides is 1. The number of hydrogen-bond acceptors (Lipinski definition) is 3. The molecule has 5 nitrogen and oxygen atoms in total. The van der Waals surface area contributed by atoms with Gasteiger partial charge in [0.25, 0.3) is 5.91 Å². The second-order valence-electron chi connectivity index (χ2n) is 5.15. The van der Waals surface area contributed by atoms with Crippen LogP contribution in [0, 0.1) is 6.92 Å². The zero-order chi connectivity index (χ0) is 15.9. The Bertz CT molecular complexity index is 680. The first-order valence-corrected chi connectivity index (χ1v) is 7.25. The molecule has 0 fully saturated rings. The van der Waals surface area contributed by atoms with Gasteiger partial charge >= 0.3 is 0 Å². The first-order chi connectivity index (χ1) is 10.6. The fraction of sp³-hybridized carbons (Fsp3) is 0.294. The first-order valence-electron chi connectivity index (χ1n) is 7.25. The highest BCUT2D eigenvalue weighted by molar-refractivity contribution is 5.93. The van der Waals surface area contributed by atoms with Gasteiger partial charge in [-0.05, 0) is 18.9 Å². The molecule has 1 aromatic heterocycles. The third-order valence-corrected chi connectivity index (χ3v) is 3.46. The Morgan fingerprint density at radius 1 is 1.23 bits per heavy atom. The Balaban J connectivity index is 2.12. The van der Waals surface area contributed by atoms with Gasteiger partial charge in [-0.25, -0.2) is 0 Å². The van der Waals surface area contributed by atoms with Gasteiger partial charge in [-0.3, -0.25) is 9.59 Å². The Hall–Kier alpha value is -2.40. The number of carbonyl (C=O) groups excluding carboxylic acids is 1. The lowest BCUT2D eigenvalue weighted by molar-refractivity contribution is 0.0722. The molecule has 116 valence electrons. The van der Waals surface area contributed by atoms with E-state index < -0.39 is 0 Å². The van der Waals surface area contributed by atoms with E-state index in [1.807, 2.05) is 30.3 Å². The fourth-order valence-electron chi connectivity index (χ4n) is 2.26. The van der Waals surface area contributed by atoms with Crippen LogP contribution in [0.2, 0.25) is 0 Å². The SMILES string of the molecule is Cc1cc(=O)c(C(=O)N(CCO)CCc2ccccc2)c[nH]1. The van der Waals surface area contributed by atoms with E-state index in [4.69, 9.17) is 5.11 Å². The monoisotopic (exact) mass is 300 g/mol. The number of carbonyl (C=O) groups is 1. The minimum atomic E-state index is -0.355. The molecule has 1 amide bonds. The van der Waals surface area contributed by atoms with E-state index in [-0.39, 0.29) is 30.1 Å². The topological polar surface area (TPSA) is 73.4 Å². The van der Waals surface area contributed by atoms with Gasteiger partial charge in [0.2, 0.25) is 0 Å². The summed E-state index contributed by atoms with van der Waals surface area (Å²) in [6, 6.07) is 11.2. The van der Waals surface area contributed by atoms with Crippen LogP contribution in [0.1, 0.15) is 21.6 Å². The van der Waals surface area contributed by atoms with Crippen molar-refractivity contribution in [3.8, 4) is 0 Å². The summed E-state index contributed by atoms with van der Waals surface area (Å²) in [5, 5.41) is 9.16. The molecule has 0 unspecified atom stereocenters. The average molecular weight is 300 g/mol. The largest absolute Gasteiger partial charge is 0.395 e. The number of aliphatic hydroxyl groups excluding tert-OH is 1. The van der Waals surface area contributed by atoms with E-state index in [9.17, 15) is 9.59 Å². The summed E-state index contributed by atoms with van der Waals surface area (Å²) in [7, 11) is 0. The molecule has 0 saturated heterocycles. The summed E-state index contributed by atoms with van der Waals surface area (Å²) in [4.78, 5) is 28.8. The molecule has 0 aliphatic rings. The number of hydrogen-bond donors (Lipinski definition) is 2. The van der Waals surface area contributed by atoms with Crippen molar-refractivity contribution in [1.29, 1.82) is 0 Å². The molecule has 0 bridgehead atoms. The summed E-state index contributed by atoms with van der Waals surface area (Å²) < 4.78 is 0. The van der Waals surface area contributed by atoms with Gasteiger partial charge in [0.1, 0.15) is 5.56 Å². The second kappa shape index (κ2) is 7.56. The molecule has 2 N–H and O–H groups in total. The van der Waals surface area contributed by atoms with Gasteiger partial charge in [0.05, 0.1) is 6.61 Å². The van der Waals surface area contributed by atoms with Gasteiger partial charge in [0, 0.05) is 31.0 Å². The highest BCUT2D eigenvalue weighted by atomic mass is 16.3. The summed E-state index contributed by atoms with van der Waals surface area (Å²) in [6.45, 7) is 2.29. The van der Waals surface area contributed by atoms with Crippen molar-refractivity contribution in [2.45, 2.75) is 13.3 Å². The van der Waals surface area contributed by atoms with Crippen molar-refractivity contribution in [3.63, 3.8) is 0 Å². The molecule has 2 rings (SSSR count). The van der Waals surface area contributed by atoms with E-state index in [1.165, 1.54) is 17.2 Å². The fourth-order valence-corrected chi connectivity index (χ4v) is 2.26. The van der Waals surface area contributed by atoms with Crippen LogP contribution in [-0.4, -0.2) is 40.6 Å². The zero-order valence-corrected chi connectivity index (χ0v) is 12.6. The molecular formula is C17H20N2O3. The third-order valence-electron chi connectivity index (χ3n) is 3.46. The number of aryl methyl sites for hydroxylation is 1. The van der Waals surface area contributed by atoms with E-state index in [1.54, 1.807) is 6.92 Å². The van der Waals surface area contributed by atoms with Crippen LogP contribution >= 0.6 is 0 Å². The molecule has 0 spiro atoms. The molecule has 2 aromatic rings. The highest BCUT2D eigenvalue weighted by Crippen LogP contribution is 2.05. The van der Waals surface area contributed by atoms with Crippen molar-refractivity contribution in [3.05, 3.63) is 69.6 Å². The number of aliphatic hydroxyl groups is 1. The van der Waals surface area contributed by atoms with Crippen LogP contribution in [-0.2, 0) is 6.42 Å². The number of rotatable bonds is 6. The van der Waals surface area contributed by atoms with Crippen molar-refractivity contribution in [1.82, 2.24) is 9.88 Å². The molecule has 22 heavy (non-hydrogen) atoms. The van der Waals surface area contributed by atoms with Gasteiger partial charge in [-0.15, -0.1) is 0 Å². The van der Waals surface area contributed by atoms with Crippen molar-refractivity contribution in [2.75, 3.05) is 19.7 Å². The molecule has 1 aromatic carbocycles. The highest BCUT2D eigenvalue weighted by Gasteiger charge is 2.18. The maximum absolute atomic E-state index is 12.5. The summed E-state index contributed by atoms with van der Waals surface area (Å²) in [5.74, 6) is -0.355. The lowest BCUT2D eigenvalue weighted by Gasteiger charge is -2.21. The van der Waals surface area contributed by atoms with Gasteiger partial charge in [0.15, 0.2) is 5.43 Å². The standard InChI is InChI=1S/C17H20N2O3/c1-13-11-16(21)15(12-18-13)17(22)19(9-10-20)8-7-14-5-3-2-4-6-14/h2-6,11-12,20H,7-10H2,1H3,(H,18,21). The maximum atomic E-state index is 12.5. The molecule has 0 saturated carbocycles. The first kappa shape index (κ1) is 16.0. The Kier molecular flexibility index (Phi) is 5.49. The Morgan fingerprint density at radius 2 is 1.95 bits per heavy atom. The number of H-pyrrole nitrogens is 1. The van der Waals surface area contributed by atoms with E-state index >= 15 is 0 Å². The Labute approximate surface area is 129 Å². The number of benzene rings is 1. The molecule has 5 heteroatoms. The number of pyridine rings is 1. The molecule has 0 atom stereocenters. The molecule has 0 aliphatic heterocycles. The predicted molar refractivity (Wildman–Crippen MR) is 84.9 cm³/mol. The number of nitrogens with one attached hydrogen (secondary N) is 1. The third kappa shape index (κ3) is 4.05. The van der Waals surface area contributed by atoms with Gasteiger partial charge in [-0.2, -0.15) is 0 Å². The summed E-state index contributed by atoms with van der Waals surface area (Å²) in [5.41, 5.74) is 1.62. The minimum absolute atomic E-state index is 0.104. The zero-order valence-electron chi connectivity index (χ0n) is 12.6. The normalized spacial score (nSPS) is 10.5. The molecule has 1 heterocycles. The summed E-state index contributed by atoms with van der Waals surface area (Å²) in [6.07, 6.45) is 2.11. The van der Waals surface area contributed by atoms with Gasteiger partial charge < -0.3 is 15.0 Å². The minimum Gasteiger partial charge on any atom is -0.395 e. The van der Waals surface area contributed by atoms with Crippen LogP contribution in [0.25, 0.3) is 0 Å². The van der Waals surface area contributed by atoms with Crippen LogP contribution < -0.4 is 5.43 Å². The summed E-state index contributed by atoms with van der Waals surface area (Å²) >= 11 is 0. The van der Waals surface area contributed by atoms with Crippen molar-refractivity contribution in [2.24, 2.45) is 0 Å². The van der Waals surface area contributed by atoms with Crippen LogP contribution in [0.3, 0.4) is 0 Å². The quantitative estimate of drug-likeness (QED) is 0.846. The Morgan fingerprint density at radius 3 is 2.59 bits per heavy atom. The van der Waals surface area contributed by atoms with Crippen LogP contribution in [0.5, 0.6) is 0 Å². The predicted octanol–water partition coefficient (Wildman–Crippen LogP) is 1.36. The molecule has 0 aliphatic carbocycles. The van der Waals surface area contributed by atoms with E-state index in [0.717, 1.165) is 5.56 Å². The lowest BCUT2D eigenvalue weighted by Crippen LogP contribution is -2.37. The van der Waals surface area contributed by atoms with Gasteiger partial charge in [-0.1, -0.05) is 30.3 Å². The van der Waals surface area contributed by atoms with E-state index in [2.05, 4.69) is 4.98 Å². The van der Waals surface area contributed by atoms with Crippen LogP contribution in [0.4, 0.5) is 0 Å². The second-order valence-corrected chi connectivity index (χ2v) is 5.15. The van der Waals surface area contributed by atoms with E-state index in [0.29, 0.717) is 18.7 Å². The smallest absolute Gasteiger partial charge is 0.259 e. The number of nitrogens with zero attached hydrogens (tertiary/aromatic N) is 1. The number of aromatic nitrogens is 1. The number of aromatic amines is 1. The molecular weight excluding hydrogens is 280 g/mol. The molecule has 0 radical (unpaired) electrons. The van der Waals surface area contributed by atoms with Crippen molar-refractivity contribution >= 4 is 5.91 Å². The maximum Gasteiger partial charge on any atom is 0.259 e. The lowest BCUT2D eigenvalue weighted by atomic mass is 10.1. The van der Waals surface area contributed by atoms with Crippen molar-refractivity contribution < 1.29 is 9.90 Å². The van der Waals surface area contributed by atoms with Crippen LogP contribution in [0.15, 0.2) is 47.4 Å².